The van der Waals surface area contributed by atoms with Crippen LogP contribution in [0.1, 0.15) is 16.9 Å². The first kappa shape index (κ1) is 19.6. The van der Waals surface area contributed by atoms with Gasteiger partial charge in [-0.1, -0.05) is 18.2 Å². The Morgan fingerprint density at radius 2 is 1.96 bits per heavy atom. The Kier molecular flexibility index (Phi) is 5.25. The Balaban J connectivity index is 1.56. The molecule has 0 saturated carbocycles. The van der Waals surface area contributed by atoms with E-state index in [1.54, 1.807) is 24.3 Å². The third-order valence-corrected chi connectivity index (χ3v) is 4.72. The summed E-state index contributed by atoms with van der Waals surface area (Å²) in [7, 11) is 0. The Labute approximate surface area is 156 Å². The fraction of sp³-hybridized carbons (Fsp3) is 0.412. The van der Waals surface area contributed by atoms with Crippen molar-refractivity contribution in [3.63, 3.8) is 0 Å². The number of likely N-dealkylation sites (tertiary alicyclic amines) is 1. The minimum Gasteiger partial charge on any atom is -0.481 e. The number of halogens is 3. The van der Waals surface area contributed by atoms with Gasteiger partial charge in [-0.15, -0.1) is 0 Å². The number of aromatic nitrogens is 2. The predicted octanol–water partition coefficient (Wildman–Crippen LogP) is 1.40. The van der Waals surface area contributed by atoms with Gasteiger partial charge in [0.15, 0.2) is 5.69 Å². The highest BCUT2D eigenvalue weighted by molar-refractivity contribution is 6.04. The fourth-order valence-corrected chi connectivity index (χ4v) is 3.25. The molecular weight excluding hydrogens is 381 g/mol. The largest absolute Gasteiger partial charge is 0.481 e. The van der Waals surface area contributed by atoms with E-state index in [1.807, 2.05) is 0 Å². The van der Waals surface area contributed by atoms with E-state index in [1.165, 1.54) is 0 Å². The molecule has 3 rings (SSSR count). The van der Waals surface area contributed by atoms with Crippen molar-refractivity contribution in [2.45, 2.75) is 12.6 Å². The molecule has 11 heteroatoms. The van der Waals surface area contributed by atoms with Gasteiger partial charge in [0.25, 0.3) is 5.91 Å². The number of hydrogen-bond donors (Lipinski definition) is 3. The van der Waals surface area contributed by atoms with E-state index in [-0.39, 0.29) is 18.7 Å². The van der Waals surface area contributed by atoms with Crippen LogP contribution in [0.5, 0.6) is 0 Å². The van der Waals surface area contributed by atoms with Crippen LogP contribution in [0.4, 0.5) is 13.2 Å². The standard InChI is InChI=1S/C17H17F3N4O4/c18-17(19,20)11-8-24(7-10(11)16(27)28)13(25)5-6-21-15(26)14-9-3-1-2-4-12(9)22-23-14/h1-4,10-11H,5-8H2,(H,21,26)(H,22,23)(H,27,28)/t10-,11-/m1/s1. The van der Waals surface area contributed by atoms with Crippen molar-refractivity contribution in [1.29, 1.82) is 0 Å². The molecule has 0 unspecified atom stereocenters. The number of carbonyl (C=O) groups excluding carboxylic acids is 2. The maximum absolute atomic E-state index is 13.0. The number of nitrogens with one attached hydrogen (secondary N) is 2. The van der Waals surface area contributed by atoms with E-state index >= 15 is 0 Å². The van der Waals surface area contributed by atoms with Crippen LogP contribution in [0, 0.1) is 11.8 Å². The fourth-order valence-electron chi connectivity index (χ4n) is 3.25. The number of benzene rings is 1. The van der Waals surface area contributed by atoms with E-state index in [0.29, 0.717) is 10.9 Å². The molecule has 1 fully saturated rings. The quantitative estimate of drug-likeness (QED) is 0.704. The molecule has 2 atom stereocenters. The van der Waals surface area contributed by atoms with Gasteiger partial charge in [-0.05, 0) is 6.07 Å². The lowest BCUT2D eigenvalue weighted by molar-refractivity contribution is -0.188. The summed E-state index contributed by atoms with van der Waals surface area (Å²) in [6.07, 6.45) is -4.95. The molecule has 0 bridgehead atoms. The summed E-state index contributed by atoms with van der Waals surface area (Å²) in [6.45, 7) is -1.31. The zero-order valence-corrected chi connectivity index (χ0v) is 14.5. The Hall–Kier alpha value is -3.11. The zero-order valence-electron chi connectivity index (χ0n) is 14.5. The minimum atomic E-state index is -4.70. The van der Waals surface area contributed by atoms with E-state index in [2.05, 4.69) is 15.5 Å². The van der Waals surface area contributed by atoms with E-state index in [9.17, 15) is 27.6 Å². The van der Waals surface area contributed by atoms with Gasteiger partial charge in [0.1, 0.15) is 0 Å². The molecule has 3 N–H and O–H groups in total. The second-order valence-electron chi connectivity index (χ2n) is 6.52. The number of carboxylic acids is 1. The van der Waals surface area contributed by atoms with Crippen LogP contribution in [0.25, 0.3) is 10.9 Å². The summed E-state index contributed by atoms with van der Waals surface area (Å²) < 4.78 is 38.9. The highest BCUT2D eigenvalue weighted by Crippen LogP contribution is 2.37. The molecule has 2 amide bonds. The first-order valence-electron chi connectivity index (χ1n) is 8.47. The molecule has 0 spiro atoms. The van der Waals surface area contributed by atoms with Gasteiger partial charge in [-0.2, -0.15) is 18.3 Å². The summed E-state index contributed by atoms with van der Waals surface area (Å²) in [5.41, 5.74) is 0.811. The first-order valence-corrected chi connectivity index (χ1v) is 8.47. The third kappa shape index (κ3) is 3.92. The number of aromatic amines is 1. The number of nitrogens with zero attached hydrogens (tertiary/aromatic N) is 2. The number of alkyl halides is 3. The smallest absolute Gasteiger partial charge is 0.394 e. The van der Waals surface area contributed by atoms with Crippen molar-refractivity contribution in [3.8, 4) is 0 Å². The molecule has 0 radical (unpaired) electrons. The summed E-state index contributed by atoms with van der Waals surface area (Å²) in [5.74, 6) is -6.54. The number of hydrogen-bond acceptors (Lipinski definition) is 4. The van der Waals surface area contributed by atoms with Crippen molar-refractivity contribution in [3.05, 3.63) is 30.0 Å². The molecule has 1 aliphatic rings. The molecule has 2 aromatic rings. The van der Waals surface area contributed by atoms with Crippen molar-refractivity contribution in [1.82, 2.24) is 20.4 Å². The van der Waals surface area contributed by atoms with Crippen LogP contribution < -0.4 is 5.32 Å². The van der Waals surface area contributed by atoms with Crippen molar-refractivity contribution < 1.29 is 32.7 Å². The molecule has 1 saturated heterocycles. The van der Waals surface area contributed by atoms with Crippen LogP contribution >= 0.6 is 0 Å². The van der Waals surface area contributed by atoms with Gasteiger partial charge in [-0.3, -0.25) is 19.5 Å². The second kappa shape index (κ2) is 7.49. The lowest BCUT2D eigenvalue weighted by atomic mass is 9.96. The number of aliphatic carboxylic acids is 1. The number of fused-ring (bicyclic) bond motifs is 1. The maximum Gasteiger partial charge on any atom is 0.394 e. The Morgan fingerprint density at radius 1 is 1.25 bits per heavy atom. The topological polar surface area (TPSA) is 115 Å². The van der Waals surface area contributed by atoms with Crippen LogP contribution in [-0.2, 0) is 9.59 Å². The molecule has 8 nitrogen and oxygen atoms in total. The van der Waals surface area contributed by atoms with Crippen molar-refractivity contribution in [2.24, 2.45) is 11.8 Å². The van der Waals surface area contributed by atoms with Gasteiger partial charge in [0.2, 0.25) is 5.91 Å². The molecule has 1 aliphatic heterocycles. The Morgan fingerprint density at radius 3 is 2.61 bits per heavy atom. The maximum atomic E-state index is 13.0. The van der Waals surface area contributed by atoms with Gasteiger partial charge in [-0.25, -0.2) is 0 Å². The highest BCUT2D eigenvalue weighted by atomic mass is 19.4. The molecule has 28 heavy (non-hydrogen) atoms. The average Bonchev–Trinajstić information content (AvgIpc) is 3.26. The average molecular weight is 398 g/mol. The highest BCUT2D eigenvalue weighted by Gasteiger charge is 2.53. The van der Waals surface area contributed by atoms with Gasteiger partial charge >= 0.3 is 12.1 Å². The first-order chi connectivity index (χ1) is 13.2. The number of amides is 2. The molecule has 0 aliphatic carbocycles. The Bertz CT molecular complexity index is 911. The number of rotatable bonds is 5. The number of para-hydroxylation sites is 1. The van der Waals surface area contributed by atoms with Crippen LogP contribution in [-0.4, -0.2) is 63.8 Å². The normalized spacial score (nSPS) is 19.8. The third-order valence-electron chi connectivity index (χ3n) is 4.72. The lowest BCUT2D eigenvalue weighted by Gasteiger charge is -2.18. The lowest BCUT2D eigenvalue weighted by Crippen LogP contribution is -2.35. The summed E-state index contributed by atoms with van der Waals surface area (Å²) in [5, 5.41) is 18.7. The van der Waals surface area contributed by atoms with Crippen molar-refractivity contribution in [2.75, 3.05) is 19.6 Å². The van der Waals surface area contributed by atoms with Gasteiger partial charge in [0, 0.05) is 31.4 Å². The number of carboxylic acid groups (broad SMARTS) is 1. The minimum absolute atomic E-state index is 0.107. The van der Waals surface area contributed by atoms with E-state index < -0.39 is 48.9 Å². The molecule has 1 aromatic carbocycles. The van der Waals surface area contributed by atoms with E-state index in [0.717, 1.165) is 4.90 Å². The molecule has 2 heterocycles. The van der Waals surface area contributed by atoms with Crippen molar-refractivity contribution >= 4 is 28.7 Å². The monoisotopic (exact) mass is 398 g/mol. The van der Waals surface area contributed by atoms with Crippen LogP contribution in [0.2, 0.25) is 0 Å². The van der Waals surface area contributed by atoms with Crippen LogP contribution in [0.15, 0.2) is 24.3 Å². The summed E-state index contributed by atoms with van der Waals surface area (Å²) >= 11 is 0. The predicted molar refractivity (Wildman–Crippen MR) is 90.3 cm³/mol. The second-order valence-corrected chi connectivity index (χ2v) is 6.52. The van der Waals surface area contributed by atoms with Crippen LogP contribution in [0.3, 0.4) is 0 Å². The molecular formula is C17H17F3N4O4. The van der Waals surface area contributed by atoms with Gasteiger partial charge < -0.3 is 15.3 Å². The number of H-pyrrole nitrogens is 1. The molecule has 150 valence electrons. The number of carbonyl (C=O) groups is 3. The van der Waals surface area contributed by atoms with Gasteiger partial charge in [0.05, 0.1) is 17.4 Å². The summed E-state index contributed by atoms with van der Waals surface area (Å²) in [6, 6.07) is 6.95. The summed E-state index contributed by atoms with van der Waals surface area (Å²) in [4.78, 5) is 36.3. The zero-order chi connectivity index (χ0) is 20.5. The SMILES string of the molecule is O=C(NCCC(=O)N1C[C@@H](C(F)(F)F)[C@H](C(=O)O)C1)c1n[nH]c2ccccc12. The van der Waals surface area contributed by atoms with E-state index in [4.69, 9.17) is 5.11 Å². The molecule has 1 aromatic heterocycles.